The monoisotopic (exact) mass is 245 g/mol. The summed E-state index contributed by atoms with van der Waals surface area (Å²) < 4.78 is 0. The number of benzene rings is 1. The molecule has 0 saturated carbocycles. The van der Waals surface area contributed by atoms with Crippen LogP contribution in [0.25, 0.3) is 0 Å². The van der Waals surface area contributed by atoms with Crippen LogP contribution in [0.3, 0.4) is 0 Å². The Bertz CT molecular complexity index is 395. The third-order valence-electron chi connectivity index (χ3n) is 4.21. The van der Waals surface area contributed by atoms with Crippen molar-refractivity contribution >= 4 is 0 Å². The molecule has 0 fully saturated rings. The predicted octanol–water partition coefficient (Wildman–Crippen LogP) is 4.43. The fraction of sp³-hybridized carbons (Fsp3) is 0.647. The molecule has 0 bridgehead atoms. The smallest absolute Gasteiger partial charge is 0.0325 e. The molecule has 0 aromatic heterocycles. The lowest BCUT2D eigenvalue weighted by atomic mass is 9.92. The average Bonchev–Trinajstić information content (AvgIpc) is 2.49. The molecule has 1 nitrogen and oxygen atoms in total. The first-order valence-electron chi connectivity index (χ1n) is 7.48. The molecule has 0 aliphatic heterocycles. The minimum atomic E-state index is 0.557. The Morgan fingerprint density at radius 2 is 2.11 bits per heavy atom. The molecule has 2 atom stereocenters. The van der Waals surface area contributed by atoms with E-state index in [1.807, 2.05) is 0 Å². The van der Waals surface area contributed by atoms with Gasteiger partial charge in [0.25, 0.3) is 0 Å². The van der Waals surface area contributed by atoms with Crippen molar-refractivity contribution in [2.45, 2.75) is 58.9 Å². The summed E-state index contributed by atoms with van der Waals surface area (Å²) in [5.41, 5.74) is 4.60. The van der Waals surface area contributed by atoms with Crippen molar-refractivity contribution in [1.29, 1.82) is 0 Å². The summed E-state index contributed by atoms with van der Waals surface area (Å²) in [5.74, 6) is 1.45. The van der Waals surface area contributed by atoms with E-state index >= 15 is 0 Å². The van der Waals surface area contributed by atoms with Gasteiger partial charge in [-0.25, -0.2) is 0 Å². The van der Waals surface area contributed by atoms with Crippen molar-refractivity contribution in [3.8, 4) is 0 Å². The Morgan fingerprint density at radius 3 is 2.78 bits per heavy atom. The topological polar surface area (TPSA) is 12.0 Å². The third kappa shape index (κ3) is 2.95. The summed E-state index contributed by atoms with van der Waals surface area (Å²) in [6.07, 6.45) is 3.86. The zero-order chi connectivity index (χ0) is 13.1. The Balaban J connectivity index is 2.36. The fourth-order valence-electron chi connectivity index (χ4n) is 3.01. The van der Waals surface area contributed by atoms with Gasteiger partial charge in [0.1, 0.15) is 0 Å². The van der Waals surface area contributed by atoms with Crippen LogP contribution in [-0.4, -0.2) is 6.54 Å². The van der Waals surface area contributed by atoms with Crippen LogP contribution in [0.2, 0.25) is 0 Å². The van der Waals surface area contributed by atoms with E-state index in [1.165, 1.54) is 24.8 Å². The SMILES string of the molecule is CCNC1CC(C)CCc2ccc(C(C)C)cc21. The Labute approximate surface area is 112 Å². The quantitative estimate of drug-likeness (QED) is 0.777. The molecule has 0 radical (unpaired) electrons. The molecule has 2 unspecified atom stereocenters. The van der Waals surface area contributed by atoms with Crippen LogP contribution in [0, 0.1) is 5.92 Å². The molecule has 100 valence electrons. The van der Waals surface area contributed by atoms with Gasteiger partial charge in [0.15, 0.2) is 0 Å². The number of fused-ring (bicyclic) bond motifs is 1. The molecule has 18 heavy (non-hydrogen) atoms. The zero-order valence-corrected chi connectivity index (χ0v) is 12.3. The second-order valence-corrected chi connectivity index (χ2v) is 6.10. The van der Waals surface area contributed by atoms with Crippen molar-refractivity contribution in [3.63, 3.8) is 0 Å². The number of hydrogen-bond donors (Lipinski definition) is 1. The first-order valence-corrected chi connectivity index (χ1v) is 7.48. The first-order chi connectivity index (χ1) is 8.61. The highest BCUT2D eigenvalue weighted by molar-refractivity contribution is 5.36. The standard InChI is InChI=1S/C17H27N/c1-5-18-17-10-13(4)6-7-14-8-9-15(12(2)3)11-16(14)17/h8-9,11-13,17-18H,5-7,10H2,1-4H3. The normalized spacial score (nSPS) is 23.8. The largest absolute Gasteiger partial charge is 0.310 e. The van der Waals surface area contributed by atoms with E-state index in [1.54, 1.807) is 11.1 Å². The molecule has 1 aromatic rings. The molecular formula is C17H27N. The van der Waals surface area contributed by atoms with E-state index in [4.69, 9.17) is 0 Å². The highest BCUT2D eigenvalue weighted by Crippen LogP contribution is 2.33. The number of hydrogen-bond acceptors (Lipinski definition) is 1. The highest BCUT2D eigenvalue weighted by Gasteiger charge is 2.22. The summed E-state index contributed by atoms with van der Waals surface area (Å²) in [6, 6.07) is 7.70. The second kappa shape index (κ2) is 5.88. The van der Waals surface area contributed by atoms with Gasteiger partial charge in [0.2, 0.25) is 0 Å². The van der Waals surface area contributed by atoms with E-state index in [0.717, 1.165) is 12.5 Å². The van der Waals surface area contributed by atoms with Gasteiger partial charge >= 0.3 is 0 Å². The van der Waals surface area contributed by atoms with Crippen LogP contribution >= 0.6 is 0 Å². The maximum absolute atomic E-state index is 3.68. The van der Waals surface area contributed by atoms with Crippen LogP contribution in [0.15, 0.2) is 18.2 Å². The lowest BCUT2D eigenvalue weighted by Crippen LogP contribution is -2.22. The maximum atomic E-state index is 3.68. The van der Waals surface area contributed by atoms with Gasteiger partial charge in [-0.1, -0.05) is 45.9 Å². The van der Waals surface area contributed by atoms with Gasteiger partial charge in [-0.2, -0.15) is 0 Å². The average molecular weight is 245 g/mol. The van der Waals surface area contributed by atoms with Crippen molar-refractivity contribution in [1.82, 2.24) is 5.32 Å². The van der Waals surface area contributed by atoms with Gasteiger partial charge in [-0.3, -0.25) is 0 Å². The molecule has 1 N–H and O–H groups in total. The summed E-state index contributed by atoms with van der Waals surface area (Å²) in [7, 11) is 0. The lowest BCUT2D eigenvalue weighted by Gasteiger charge is -2.21. The van der Waals surface area contributed by atoms with Gasteiger partial charge in [-0.05, 0) is 54.3 Å². The Morgan fingerprint density at radius 1 is 1.33 bits per heavy atom. The van der Waals surface area contributed by atoms with Crippen LogP contribution in [0.1, 0.15) is 69.2 Å². The van der Waals surface area contributed by atoms with Crippen molar-refractivity contribution < 1.29 is 0 Å². The minimum Gasteiger partial charge on any atom is -0.310 e. The number of rotatable bonds is 3. The summed E-state index contributed by atoms with van der Waals surface area (Å²) in [4.78, 5) is 0. The van der Waals surface area contributed by atoms with E-state index < -0.39 is 0 Å². The number of nitrogens with one attached hydrogen (secondary N) is 1. The Kier molecular flexibility index (Phi) is 4.45. The predicted molar refractivity (Wildman–Crippen MR) is 79.1 cm³/mol. The molecule has 1 aromatic carbocycles. The van der Waals surface area contributed by atoms with E-state index in [0.29, 0.717) is 12.0 Å². The third-order valence-corrected chi connectivity index (χ3v) is 4.21. The minimum absolute atomic E-state index is 0.557. The molecule has 1 aliphatic rings. The molecule has 1 aliphatic carbocycles. The lowest BCUT2D eigenvalue weighted by molar-refractivity contribution is 0.414. The molecular weight excluding hydrogens is 218 g/mol. The van der Waals surface area contributed by atoms with Gasteiger partial charge in [0, 0.05) is 6.04 Å². The molecule has 0 heterocycles. The molecule has 0 saturated heterocycles. The summed E-state index contributed by atoms with van der Waals surface area (Å²) in [6.45, 7) is 10.2. The fourth-order valence-corrected chi connectivity index (χ4v) is 3.01. The van der Waals surface area contributed by atoms with E-state index in [-0.39, 0.29) is 0 Å². The van der Waals surface area contributed by atoms with E-state index in [9.17, 15) is 0 Å². The van der Waals surface area contributed by atoms with E-state index in [2.05, 4.69) is 51.2 Å². The van der Waals surface area contributed by atoms with Crippen molar-refractivity contribution in [2.75, 3.05) is 6.54 Å². The zero-order valence-electron chi connectivity index (χ0n) is 12.3. The molecule has 2 rings (SSSR count). The second-order valence-electron chi connectivity index (χ2n) is 6.10. The molecule has 0 amide bonds. The van der Waals surface area contributed by atoms with Gasteiger partial charge in [0.05, 0.1) is 0 Å². The van der Waals surface area contributed by atoms with Crippen LogP contribution in [0.4, 0.5) is 0 Å². The summed E-state index contributed by atoms with van der Waals surface area (Å²) in [5, 5.41) is 3.68. The highest BCUT2D eigenvalue weighted by atomic mass is 14.9. The first kappa shape index (κ1) is 13.6. The molecule has 1 heteroatoms. The van der Waals surface area contributed by atoms with Crippen molar-refractivity contribution in [3.05, 3.63) is 34.9 Å². The van der Waals surface area contributed by atoms with Crippen LogP contribution < -0.4 is 5.32 Å². The Hall–Kier alpha value is -0.820. The van der Waals surface area contributed by atoms with Crippen LogP contribution in [0.5, 0.6) is 0 Å². The number of aryl methyl sites for hydroxylation is 1. The summed E-state index contributed by atoms with van der Waals surface area (Å²) >= 11 is 0. The maximum Gasteiger partial charge on any atom is 0.0325 e. The van der Waals surface area contributed by atoms with Gasteiger partial charge < -0.3 is 5.32 Å². The molecule has 0 spiro atoms. The van der Waals surface area contributed by atoms with Gasteiger partial charge in [-0.15, -0.1) is 0 Å². The van der Waals surface area contributed by atoms with Crippen LogP contribution in [-0.2, 0) is 6.42 Å². The van der Waals surface area contributed by atoms with Crippen molar-refractivity contribution in [2.24, 2.45) is 5.92 Å².